The van der Waals surface area contributed by atoms with Gasteiger partial charge in [0.15, 0.2) is 0 Å². The fourth-order valence-corrected chi connectivity index (χ4v) is 6.71. The molecule has 4 aromatic heterocycles. The maximum atomic E-state index is 5.66. The molecule has 0 aromatic carbocycles. The Morgan fingerprint density at radius 1 is 0.580 bits per heavy atom. The van der Waals surface area contributed by atoms with Crippen molar-refractivity contribution in [3.05, 3.63) is 127 Å². The van der Waals surface area contributed by atoms with Crippen LogP contribution in [0, 0.1) is 66.2 Å². The van der Waals surface area contributed by atoms with Gasteiger partial charge in [0.1, 0.15) is 40.3 Å². The quantitative estimate of drug-likeness (QED) is 0.194. The van der Waals surface area contributed by atoms with Crippen LogP contribution < -0.4 is 0 Å². The molecule has 0 bridgehead atoms. The minimum absolute atomic E-state index is 0. The Morgan fingerprint density at radius 3 is 1.26 bits per heavy atom. The number of allylic oxidation sites excluding steroid dienone is 4. The SMILES string of the molecule is CC1=C(C)CC(c2ccc(C)o2)=C1.Cc1ccc(C2CC(C)C(C)C2)o1.Cc1ccc(C2CC(C)C(C)C2)o1.Cc1ccco1.[CH3-].[CH3-].[Cl][Zr+2][Cl]. The number of hydrogen-bond donors (Lipinski definition) is 0. The number of halogens is 2. The molecule has 0 aliphatic heterocycles. The van der Waals surface area contributed by atoms with Crippen molar-refractivity contribution in [2.24, 2.45) is 23.7 Å². The second kappa shape index (κ2) is 22.9. The van der Waals surface area contributed by atoms with Gasteiger partial charge >= 0.3 is 37.9 Å². The van der Waals surface area contributed by atoms with Crippen LogP contribution in [0.4, 0.5) is 0 Å². The molecule has 0 N–H and O–H groups in total. The normalized spacial score (nSPS) is 23.2. The Morgan fingerprint density at radius 2 is 1.00 bits per heavy atom. The summed E-state index contributed by atoms with van der Waals surface area (Å²) >= 11 is -0.826. The van der Waals surface area contributed by atoms with Crippen molar-refractivity contribution >= 4 is 22.6 Å². The minimum atomic E-state index is -0.826. The molecule has 2 fully saturated rings. The van der Waals surface area contributed by atoms with Gasteiger partial charge in [-0.1, -0.05) is 44.9 Å². The number of furan rings is 4. The summed E-state index contributed by atoms with van der Waals surface area (Å²) in [5.74, 6) is 12.3. The van der Waals surface area contributed by atoms with E-state index in [1.807, 2.05) is 52.0 Å². The average molecular weight is 805 g/mol. The Kier molecular flexibility index (Phi) is 21.1. The molecular weight excluding hydrogens is 743 g/mol. The van der Waals surface area contributed by atoms with Gasteiger partial charge in [-0.3, -0.25) is 0 Å². The molecule has 4 atom stereocenters. The van der Waals surface area contributed by atoms with Crippen LogP contribution >= 0.6 is 17.0 Å². The molecule has 0 amide bonds. The summed E-state index contributed by atoms with van der Waals surface area (Å²) < 4.78 is 21.7. The summed E-state index contributed by atoms with van der Waals surface area (Å²) in [7, 11) is 9.87. The summed E-state index contributed by atoms with van der Waals surface area (Å²) in [5, 5.41) is 0. The third-order valence-corrected chi connectivity index (χ3v) is 10.1. The summed E-state index contributed by atoms with van der Waals surface area (Å²) in [6.07, 6.45) is 10.1. The van der Waals surface area contributed by atoms with Crippen molar-refractivity contribution in [3.63, 3.8) is 0 Å². The summed E-state index contributed by atoms with van der Waals surface area (Å²) in [4.78, 5) is 0. The van der Waals surface area contributed by atoms with Gasteiger partial charge < -0.3 is 32.5 Å². The van der Waals surface area contributed by atoms with Gasteiger partial charge in [-0.2, -0.15) is 0 Å². The van der Waals surface area contributed by atoms with Gasteiger partial charge in [0.25, 0.3) is 0 Å². The molecule has 276 valence electrons. The monoisotopic (exact) mass is 802 g/mol. The van der Waals surface area contributed by atoms with Crippen molar-refractivity contribution in [2.45, 2.75) is 113 Å². The van der Waals surface area contributed by atoms with E-state index in [4.69, 9.17) is 34.7 Å². The van der Waals surface area contributed by atoms with E-state index in [0.717, 1.165) is 58.9 Å². The number of hydrogen-bond acceptors (Lipinski definition) is 4. The Hall–Kier alpha value is -1.94. The van der Waals surface area contributed by atoms with Crippen LogP contribution in [0.2, 0.25) is 0 Å². The third kappa shape index (κ3) is 14.6. The third-order valence-electron chi connectivity index (χ3n) is 10.1. The molecule has 4 nitrogen and oxygen atoms in total. The van der Waals surface area contributed by atoms with Crippen LogP contribution in [0.1, 0.15) is 126 Å². The van der Waals surface area contributed by atoms with E-state index in [1.165, 1.54) is 53.9 Å². The van der Waals surface area contributed by atoms with Crippen LogP contribution in [-0.4, -0.2) is 0 Å². The molecule has 4 unspecified atom stereocenters. The number of aryl methyl sites for hydroxylation is 4. The van der Waals surface area contributed by atoms with E-state index in [0.29, 0.717) is 11.8 Å². The van der Waals surface area contributed by atoms with E-state index in [9.17, 15) is 0 Å². The first-order chi connectivity index (χ1) is 22.8. The molecule has 50 heavy (non-hydrogen) atoms. The van der Waals surface area contributed by atoms with Gasteiger partial charge in [-0.15, -0.1) is 0 Å². The van der Waals surface area contributed by atoms with Crippen molar-refractivity contribution < 1.29 is 38.5 Å². The van der Waals surface area contributed by atoms with Gasteiger partial charge in [0, 0.05) is 11.8 Å². The topological polar surface area (TPSA) is 52.6 Å². The molecule has 4 aromatic rings. The second-order valence-electron chi connectivity index (χ2n) is 14.2. The van der Waals surface area contributed by atoms with E-state index in [2.05, 4.69) is 71.9 Å². The van der Waals surface area contributed by atoms with Crippen molar-refractivity contribution in [1.82, 2.24) is 0 Å². The van der Waals surface area contributed by atoms with Gasteiger partial charge in [0.2, 0.25) is 0 Å². The summed E-state index contributed by atoms with van der Waals surface area (Å²) in [5.41, 5.74) is 4.14. The molecule has 7 rings (SSSR count). The molecule has 0 saturated heterocycles. The van der Waals surface area contributed by atoms with Gasteiger partial charge in [0.05, 0.1) is 6.26 Å². The zero-order chi connectivity index (χ0) is 35.4. The Labute approximate surface area is 323 Å². The summed E-state index contributed by atoms with van der Waals surface area (Å²) in [6, 6.07) is 16.3. The van der Waals surface area contributed by atoms with Crippen LogP contribution in [0.15, 0.2) is 89.7 Å². The predicted octanol–water partition coefficient (Wildman–Crippen LogP) is 15.1. The standard InChI is InChI=1S/2C12H18O.C12H14O.C5H6O.2CH3.2ClH.Zr/c3*1-8-6-11(7-9(8)2)12-5-4-10(3)13-12;1-5-3-2-4-6-5;;;;;/h2*4-5,8-9,11H,6-7H2,1-3H3;4-6H,7H2,1-3H3;2-4H,1H3;2*1H3;2*1H;/q;;;;2*-1;;;+4/p-2. The molecule has 4 heterocycles. The first kappa shape index (κ1) is 46.1. The fourth-order valence-electron chi connectivity index (χ4n) is 6.71. The van der Waals surface area contributed by atoms with Crippen LogP contribution in [-0.2, 0) is 20.8 Å². The molecule has 3 aliphatic carbocycles. The van der Waals surface area contributed by atoms with Crippen LogP contribution in [0.3, 0.4) is 0 Å². The van der Waals surface area contributed by atoms with Crippen LogP contribution in [0.5, 0.6) is 0 Å². The number of rotatable bonds is 3. The fraction of sp³-hybridized carbons (Fsp3) is 0.488. The molecule has 0 radical (unpaired) electrons. The van der Waals surface area contributed by atoms with Crippen molar-refractivity contribution in [3.8, 4) is 0 Å². The summed E-state index contributed by atoms with van der Waals surface area (Å²) in [6.45, 7) is 21.7. The van der Waals surface area contributed by atoms with Crippen molar-refractivity contribution in [2.75, 3.05) is 0 Å². The van der Waals surface area contributed by atoms with E-state index in [-0.39, 0.29) is 14.9 Å². The van der Waals surface area contributed by atoms with E-state index < -0.39 is 20.8 Å². The Balaban J connectivity index is 0.000000329. The maximum absolute atomic E-state index is 5.66. The predicted molar refractivity (Wildman–Crippen MR) is 210 cm³/mol. The molecular formula is C43H62Cl2O4Zr. The zero-order valence-electron chi connectivity index (χ0n) is 32.7. The molecule has 7 heteroatoms. The van der Waals surface area contributed by atoms with Gasteiger partial charge in [-0.05, 0) is 151 Å². The molecule has 3 aliphatic rings. The van der Waals surface area contributed by atoms with Crippen molar-refractivity contribution in [1.29, 1.82) is 0 Å². The van der Waals surface area contributed by atoms with E-state index in [1.54, 1.807) is 6.26 Å². The van der Waals surface area contributed by atoms with Gasteiger partial charge in [-0.25, -0.2) is 0 Å². The first-order valence-electron chi connectivity index (χ1n) is 17.3. The van der Waals surface area contributed by atoms with E-state index >= 15 is 0 Å². The average Bonchev–Trinajstić information content (AvgIpc) is 3.89. The second-order valence-corrected chi connectivity index (χ2v) is 17.9. The zero-order valence-corrected chi connectivity index (χ0v) is 36.6. The first-order valence-corrected chi connectivity index (χ1v) is 23.7. The molecule has 2 saturated carbocycles. The molecule has 0 spiro atoms. The van der Waals surface area contributed by atoms with Crippen LogP contribution in [0.25, 0.3) is 5.57 Å². The Bertz CT molecular complexity index is 1480.